The largest absolute Gasteiger partial charge is 0.496 e. The SMILES string of the molecule is CCc1cc(/C=C2/N=C(c3ccc(F)cc3)NC2=O)ccc1OC. The van der Waals surface area contributed by atoms with Gasteiger partial charge in [0.25, 0.3) is 5.91 Å². The van der Waals surface area contributed by atoms with Gasteiger partial charge in [0, 0.05) is 5.56 Å². The molecular weight excluding hydrogens is 307 g/mol. The van der Waals surface area contributed by atoms with Crippen molar-refractivity contribution >= 4 is 17.8 Å². The first-order chi connectivity index (χ1) is 11.6. The highest BCUT2D eigenvalue weighted by atomic mass is 19.1. The molecule has 1 N–H and O–H groups in total. The standard InChI is InChI=1S/C19H17FN2O2/c1-3-13-10-12(4-9-17(13)24-2)11-16-19(23)22-18(21-16)14-5-7-15(20)8-6-14/h4-11H,3H2,1-2H3,(H,21,22,23)/b16-11+. The Hall–Kier alpha value is -2.95. The number of carbonyl (C=O) groups is 1. The molecule has 0 aromatic heterocycles. The van der Waals surface area contributed by atoms with Crippen LogP contribution in [0.5, 0.6) is 5.75 Å². The van der Waals surface area contributed by atoms with E-state index in [4.69, 9.17) is 4.74 Å². The number of amides is 1. The van der Waals surface area contributed by atoms with Crippen molar-refractivity contribution in [1.29, 1.82) is 0 Å². The van der Waals surface area contributed by atoms with Crippen LogP contribution in [0.2, 0.25) is 0 Å². The summed E-state index contributed by atoms with van der Waals surface area (Å²) in [5.41, 5.74) is 2.92. The van der Waals surface area contributed by atoms with E-state index in [1.54, 1.807) is 25.3 Å². The summed E-state index contributed by atoms with van der Waals surface area (Å²) in [5.74, 6) is 0.648. The second-order valence-corrected chi connectivity index (χ2v) is 5.38. The molecule has 2 aromatic rings. The topological polar surface area (TPSA) is 50.7 Å². The van der Waals surface area contributed by atoms with Crippen molar-refractivity contribution in [3.05, 3.63) is 70.7 Å². The molecule has 0 saturated heterocycles. The summed E-state index contributed by atoms with van der Waals surface area (Å²) >= 11 is 0. The fraction of sp³-hybridized carbons (Fsp3) is 0.158. The lowest BCUT2D eigenvalue weighted by Gasteiger charge is -2.07. The molecule has 0 saturated carbocycles. The van der Waals surface area contributed by atoms with Crippen molar-refractivity contribution in [2.75, 3.05) is 7.11 Å². The zero-order chi connectivity index (χ0) is 17.1. The summed E-state index contributed by atoms with van der Waals surface area (Å²) in [6, 6.07) is 11.6. The number of benzene rings is 2. The van der Waals surface area contributed by atoms with Crippen molar-refractivity contribution < 1.29 is 13.9 Å². The van der Waals surface area contributed by atoms with Crippen molar-refractivity contribution in [3.8, 4) is 5.75 Å². The molecule has 4 nitrogen and oxygen atoms in total. The third-order valence-electron chi connectivity index (χ3n) is 3.80. The number of hydrogen-bond donors (Lipinski definition) is 1. The average molecular weight is 324 g/mol. The molecule has 0 spiro atoms. The third kappa shape index (κ3) is 3.20. The Bertz CT molecular complexity index is 839. The predicted octanol–water partition coefficient (Wildman–Crippen LogP) is 3.31. The second-order valence-electron chi connectivity index (χ2n) is 5.38. The molecule has 1 heterocycles. The van der Waals surface area contributed by atoms with Crippen LogP contribution in [0, 0.1) is 5.82 Å². The van der Waals surface area contributed by atoms with Crippen LogP contribution in [0.25, 0.3) is 6.08 Å². The molecule has 1 aliphatic heterocycles. The molecule has 1 amide bonds. The minimum Gasteiger partial charge on any atom is -0.496 e. The molecule has 0 aliphatic carbocycles. The van der Waals surface area contributed by atoms with Crippen LogP contribution < -0.4 is 10.1 Å². The van der Waals surface area contributed by atoms with Gasteiger partial charge in [-0.25, -0.2) is 9.38 Å². The molecule has 0 atom stereocenters. The van der Waals surface area contributed by atoms with Gasteiger partial charge in [-0.05, 0) is 60.0 Å². The Labute approximate surface area is 139 Å². The zero-order valence-corrected chi connectivity index (χ0v) is 13.5. The fourth-order valence-corrected chi connectivity index (χ4v) is 2.54. The number of aryl methyl sites for hydroxylation is 1. The van der Waals surface area contributed by atoms with E-state index in [-0.39, 0.29) is 11.7 Å². The second kappa shape index (κ2) is 6.66. The number of methoxy groups -OCH3 is 1. The molecule has 2 aromatic carbocycles. The lowest BCUT2D eigenvalue weighted by atomic mass is 10.1. The normalized spacial score (nSPS) is 15.4. The van der Waals surface area contributed by atoms with Crippen LogP contribution in [0.3, 0.4) is 0 Å². The Balaban J connectivity index is 1.92. The monoisotopic (exact) mass is 324 g/mol. The highest BCUT2D eigenvalue weighted by Crippen LogP contribution is 2.23. The number of halogens is 1. The van der Waals surface area contributed by atoms with E-state index in [1.807, 2.05) is 25.1 Å². The maximum absolute atomic E-state index is 13.0. The van der Waals surface area contributed by atoms with E-state index >= 15 is 0 Å². The lowest BCUT2D eigenvalue weighted by Crippen LogP contribution is -2.24. The van der Waals surface area contributed by atoms with E-state index < -0.39 is 0 Å². The Kier molecular flexibility index (Phi) is 4.42. The van der Waals surface area contributed by atoms with Gasteiger partial charge in [-0.3, -0.25) is 4.79 Å². The van der Waals surface area contributed by atoms with Crippen LogP contribution in [0.4, 0.5) is 4.39 Å². The van der Waals surface area contributed by atoms with Gasteiger partial charge < -0.3 is 10.1 Å². The first-order valence-electron chi connectivity index (χ1n) is 7.65. The quantitative estimate of drug-likeness (QED) is 0.877. The average Bonchev–Trinajstić information content (AvgIpc) is 2.96. The minimum absolute atomic E-state index is 0.275. The Morgan fingerprint density at radius 1 is 1.21 bits per heavy atom. The summed E-state index contributed by atoms with van der Waals surface area (Å²) in [6.07, 6.45) is 2.56. The van der Waals surface area contributed by atoms with Gasteiger partial charge in [0.1, 0.15) is 23.1 Å². The predicted molar refractivity (Wildman–Crippen MR) is 91.4 cm³/mol. The number of aliphatic imine (C=N–C) groups is 1. The molecule has 0 unspecified atom stereocenters. The van der Waals surface area contributed by atoms with Gasteiger partial charge in [-0.2, -0.15) is 0 Å². The molecule has 3 rings (SSSR count). The summed E-state index contributed by atoms with van der Waals surface area (Å²) in [4.78, 5) is 16.4. The molecule has 0 radical (unpaired) electrons. The maximum atomic E-state index is 13.0. The number of ether oxygens (including phenoxy) is 1. The number of rotatable bonds is 4. The number of nitrogens with zero attached hydrogens (tertiary/aromatic N) is 1. The van der Waals surface area contributed by atoms with Crippen LogP contribution in [0.15, 0.2) is 53.2 Å². The van der Waals surface area contributed by atoms with E-state index in [9.17, 15) is 9.18 Å². The molecule has 122 valence electrons. The van der Waals surface area contributed by atoms with Crippen LogP contribution in [-0.4, -0.2) is 18.9 Å². The van der Waals surface area contributed by atoms with Gasteiger partial charge in [-0.15, -0.1) is 0 Å². The van der Waals surface area contributed by atoms with Crippen LogP contribution in [-0.2, 0) is 11.2 Å². The maximum Gasteiger partial charge on any atom is 0.275 e. The van der Waals surface area contributed by atoms with Gasteiger partial charge >= 0.3 is 0 Å². The summed E-state index contributed by atoms with van der Waals surface area (Å²) in [5, 5.41) is 2.71. The number of amidine groups is 1. The van der Waals surface area contributed by atoms with E-state index in [0.29, 0.717) is 17.1 Å². The Morgan fingerprint density at radius 2 is 1.96 bits per heavy atom. The first kappa shape index (κ1) is 15.9. The van der Waals surface area contributed by atoms with Gasteiger partial charge in [-0.1, -0.05) is 13.0 Å². The minimum atomic E-state index is -0.329. The summed E-state index contributed by atoms with van der Waals surface area (Å²) in [7, 11) is 1.64. The lowest BCUT2D eigenvalue weighted by molar-refractivity contribution is -0.115. The zero-order valence-electron chi connectivity index (χ0n) is 13.5. The number of nitrogens with one attached hydrogen (secondary N) is 1. The van der Waals surface area contributed by atoms with Crippen LogP contribution in [0.1, 0.15) is 23.6 Å². The van der Waals surface area contributed by atoms with Gasteiger partial charge in [0.15, 0.2) is 0 Å². The molecular formula is C19H17FN2O2. The van der Waals surface area contributed by atoms with Crippen molar-refractivity contribution in [2.24, 2.45) is 4.99 Å². The summed E-state index contributed by atoms with van der Waals surface area (Å²) < 4.78 is 18.3. The molecule has 0 fully saturated rings. The first-order valence-corrected chi connectivity index (χ1v) is 7.65. The van der Waals surface area contributed by atoms with Gasteiger partial charge in [0.2, 0.25) is 0 Å². The van der Waals surface area contributed by atoms with E-state index in [2.05, 4.69) is 10.3 Å². The van der Waals surface area contributed by atoms with Gasteiger partial charge in [0.05, 0.1) is 7.11 Å². The van der Waals surface area contributed by atoms with E-state index in [0.717, 1.165) is 23.3 Å². The molecule has 0 bridgehead atoms. The highest BCUT2D eigenvalue weighted by molar-refractivity contribution is 6.19. The van der Waals surface area contributed by atoms with Crippen molar-refractivity contribution in [3.63, 3.8) is 0 Å². The Morgan fingerprint density at radius 3 is 2.62 bits per heavy atom. The fourth-order valence-electron chi connectivity index (χ4n) is 2.54. The molecule has 5 heteroatoms. The smallest absolute Gasteiger partial charge is 0.275 e. The highest BCUT2D eigenvalue weighted by Gasteiger charge is 2.21. The number of hydrogen-bond acceptors (Lipinski definition) is 3. The van der Waals surface area contributed by atoms with E-state index in [1.165, 1.54) is 12.1 Å². The summed E-state index contributed by atoms with van der Waals surface area (Å²) in [6.45, 7) is 2.04. The van der Waals surface area contributed by atoms with Crippen molar-refractivity contribution in [1.82, 2.24) is 5.32 Å². The van der Waals surface area contributed by atoms with Crippen molar-refractivity contribution in [2.45, 2.75) is 13.3 Å². The number of carbonyl (C=O) groups excluding carboxylic acids is 1. The van der Waals surface area contributed by atoms with Crippen LogP contribution >= 0.6 is 0 Å². The molecule has 1 aliphatic rings. The molecule has 24 heavy (non-hydrogen) atoms. The third-order valence-corrected chi connectivity index (χ3v) is 3.80.